The predicted octanol–water partition coefficient (Wildman–Crippen LogP) is 2.72. The maximum atomic E-state index is 10.1. The number of aromatic nitrogens is 1. The first-order chi connectivity index (χ1) is 9.30. The van der Waals surface area contributed by atoms with Gasteiger partial charge in [-0.3, -0.25) is 4.98 Å². The van der Waals surface area contributed by atoms with Crippen LogP contribution in [0.2, 0.25) is 0 Å². The fourth-order valence-electron chi connectivity index (χ4n) is 2.45. The Balaban J connectivity index is 2.58. The summed E-state index contributed by atoms with van der Waals surface area (Å²) in [7, 11) is 0. The van der Waals surface area contributed by atoms with Crippen LogP contribution in [0.5, 0.6) is 0 Å². The second kappa shape index (κ2) is 5.29. The van der Waals surface area contributed by atoms with Gasteiger partial charge >= 0.3 is 0 Å². The van der Waals surface area contributed by atoms with Crippen molar-refractivity contribution in [2.75, 3.05) is 23.7 Å². The molecule has 2 rings (SSSR count). The number of benzene rings is 1. The second-order valence-electron chi connectivity index (χ2n) is 5.89. The van der Waals surface area contributed by atoms with Gasteiger partial charge in [-0.05, 0) is 52.0 Å². The van der Waals surface area contributed by atoms with E-state index in [1.54, 1.807) is 0 Å². The molecule has 0 saturated carbocycles. The van der Waals surface area contributed by atoms with Crippen molar-refractivity contribution in [2.45, 2.75) is 33.3 Å². The highest BCUT2D eigenvalue weighted by atomic mass is 16.3. The second-order valence-corrected chi connectivity index (χ2v) is 5.89. The van der Waals surface area contributed by atoms with Crippen LogP contribution < -0.4 is 10.6 Å². The van der Waals surface area contributed by atoms with Crippen LogP contribution in [-0.2, 0) is 0 Å². The first kappa shape index (κ1) is 14.6. The summed E-state index contributed by atoms with van der Waals surface area (Å²) in [5.74, 6) is 0. The minimum Gasteiger partial charge on any atom is -0.399 e. The lowest BCUT2D eigenvalue weighted by atomic mass is 10.1. The Labute approximate surface area is 120 Å². The van der Waals surface area contributed by atoms with Crippen molar-refractivity contribution in [1.29, 1.82) is 0 Å². The number of rotatable bonds is 4. The van der Waals surface area contributed by atoms with Crippen molar-refractivity contribution in [2.24, 2.45) is 0 Å². The molecule has 0 unspecified atom stereocenters. The molecule has 3 N–H and O–H groups in total. The fourth-order valence-corrected chi connectivity index (χ4v) is 2.45. The van der Waals surface area contributed by atoms with Crippen LogP contribution in [0.15, 0.2) is 24.3 Å². The van der Waals surface area contributed by atoms with Gasteiger partial charge in [0.2, 0.25) is 0 Å². The summed E-state index contributed by atoms with van der Waals surface area (Å²) in [6.45, 7) is 9.09. The average molecular weight is 273 g/mol. The summed E-state index contributed by atoms with van der Waals surface area (Å²) < 4.78 is 0. The topological polar surface area (TPSA) is 62.4 Å². The molecule has 1 aromatic heterocycles. The Bertz CT molecular complexity index is 617. The summed E-state index contributed by atoms with van der Waals surface area (Å²) >= 11 is 0. The summed E-state index contributed by atoms with van der Waals surface area (Å²) in [4.78, 5) is 6.71. The lowest BCUT2D eigenvalue weighted by Crippen LogP contribution is -2.38. The van der Waals surface area contributed by atoms with Crippen LogP contribution >= 0.6 is 0 Å². The van der Waals surface area contributed by atoms with E-state index in [4.69, 9.17) is 5.73 Å². The third-order valence-electron chi connectivity index (χ3n) is 3.24. The van der Waals surface area contributed by atoms with Gasteiger partial charge in [-0.25, -0.2) is 0 Å². The molecule has 0 aliphatic rings. The number of hydrogen-bond acceptors (Lipinski definition) is 4. The molecule has 0 atom stereocenters. The SMILES string of the molecule is CCN(CC(C)(C)O)c1cc(C)nc2ccc(N)cc12. The van der Waals surface area contributed by atoms with E-state index in [9.17, 15) is 5.11 Å². The van der Waals surface area contributed by atoms with Gasteiger partial charge < -0.3 is 15.7 Å². The molecule has 0 amide bonds. The minimum absolute atomic E-state index is 0.566. The standard InChI is InChI=1S/C16H23N3O/c1-5-19(10-16(3,4)20)15-8-11(2)18-14-7-6-12(17)9-13(14)15/h6-9,20H,5,10,17H2,1-4H3. The molecule has 0 fully saturated rings. The number of pyridine rings is 1. The molecule has 2 aromatic rings. The molecule has 1 heterocycles. The van der Waals surface area contributed by atoms with Crippen molar-refractivity contribution in [1.82, 2.24) is 4.98 Å². The van der Waals surface area contributed by atoms with Gasteiger partial charge in [0.1, 0.15) is 0 Å². The van der Waals surface area contributed by atoms with Crippen molar-refractivity contribution < 1.29 is 5.11 Å². The van der Waals surface area contributed by atoms with Crippen LogP contribution in [0.4, 0.5) is 11.4 Å². The molecule has 108 valence electrons. The van der Waals surface area contributed by atoms with Crippen molar-refractivity contribution in [3.63, 3.8) is 0 Å². The molecular formula is C16H23N3O. The van der Waals surface area contributed by atoms with Crippen LogP contribution in [0, 0.1) is 6.92 Å². The summed E-state index contributed by atoms with van der Waals surface area (Å²) in [5.41, 5.74) is 8.85. The van der Waals surface area contributed by atoms with Gasteiger partial charge in [-0.2, -0.15) is 0 Å². The van der Waals surface area contributed by atoms with E-state index in [1.807, 2.05) is 39.0 Å². The Morgan fingerprint density at radius 3 is 2.60 bits per heavy atom. The van der Waals surface area contributed by atoms with Gasteiger partial charge in [0.25, 0.3) is 0 Å². The highest BCUT2D eigenvalue weighted by molar-refractivity contribution is 5.94. The molecule has 0 radical (unpaired) electrons. The molecule has 0 aliphatic carbocycles. The van der Waals surface area contributed by atoms with E-state index in [-0.39, 0.29) is 0 Å². The first-order valence-electron chi connectivity index (χ1n) is 6.94. The monoisotopic (exact) mass is 273 g/mol. The van der Waals surface area contributed by atoms with E-state index in [2.05, 4.69) is 22.9 Å². The molecule has 20 heavy (non-hydrogen) atoms. The fraction of sp³-hybridized carbons (Fsp3) is 0.438. The number of nitrogens with two attached hydrogens (primary N) is 1. The van der Waals surface area contributed by atoms with Gasteiger partial charge in [0, 0.05) is 35.5 Å². The van der Waals surface area contributed by atoms with Crippen molar-refractivity contribution >= 4 is 22.3 Å². The van der Waals surface area contributed by atoms with E-state index < -0.39 is 5.60 Å². The third-order valence-corrected chi connectivity index (χ3v) is 3.24. The van der Waals surface area contributed by atoms with E-state index in [0.717, 1.165) is 34.5 Å². The lowest BCUT2D eigenvalue weighted by Gasteiger charge is -2.31. The van der Waals surface area contributed by atoms with Crippen LogP contribution in [0.1, 0.15) is 26.5 Å². The highest BCUT2D eigenvalue weighted by Gasteiger charge is 2.19. The van der Waals surface area contributed by atoms with Gasteiger partial charge in [0.15, 0.2) is 0 Å². The van der Waals surface area contributed by atoms with Crippen LogP contribution in [0.25, 0.3) is 10.9 Å². The minimum atomic E-state index is -0.750. The first-order valence-corrected chi connectivity index (χ1v) is 6.94. The average Bonchev–Trinajstić information content (AvgIpc) is 2.34. The smallest absolute Gasteiger partial charge is 0.0765 e. The molecule has 1 aromatic carbocycles. The zero-order valence-electron chi connectivity index (χ0n) is 12.6. The molecule has 4 nitrogen and oxygen atoms in total. The molecular weight excluding hydrogens is 250 g/mol. The lowest BCUT2D eigenvalue weighted by molar-refractivity contribution is 0.0876. The summed E-state index contributed by atoms with van der Waals surface area (Å²) in [6.07, 6.45) is 0. The summed E-state index contributed by atoms with van der Waals surface area (Å²) in [6, 6.07) is 7.81. The highest BCUT2D eigenvalue weighted by Crippen LogP contribution is 2.29. The maximum absolute atomic E-state index is 10.1. The number of aliphatic hydroxyl groups is 1. The number of anilines is 2. The molecule has 0 saturated heterocycles. The summed E-state index contributed by atoms with van der Waals surface area (Å²) in [5, 5.41) is 11.1. The number of nitrogen functional groups attached to an aromatic ring is 1. The molecule has 0 spiro atoms. The van der Waals surface area contributed by atoms with Crippen molar-refractivity contribution in [3.05, 3.63) is 30.0 Å². The van der Waals surface area contributed by atoms with Gasteiger partial charge in [-0.15, -0.1) is 0 Å². The van der Waals surface area contributed by atoms with E-state index in [0.29, 0.717) is 6.54 Å². The number of fused-ring (bicyclic) bond motifs is 1. The van der Waals surface area contributed by atoms with E-state index in [1.165, 1.54) is 0 Å². The van der Waals surface area contributed by atoms with Crippen molar-refractivity contribution in [3.8, 4) is 0 Å². The molecule has 4 heteroatoms. The van der Waals surface area contributed by atoms with Gasteiger partial charge in [0.05, 0.1) is 11.1 Å². The normalized spacial score (nSPS) is 11.8. The number of hydrogen-bond donors (Lipinski definition) is 2. The Kier molecular flexibility index (Phi) is 3.86. The van der Waals surface area contributed by atoms with Crippen LogP contribution in [0.3, 0.4) is 0 Å². The maximum Gasteiger partial charge on any atom is 0.0765 e. The Morgan fingerprint density at radius 1 is 1.30 bits per heavy atom. The van der Waals surface area contributed by atoms with E-state index >= 15 is 0 Å². The Morgan fingerprint density at radius 2 is 2.00 bits per heavy atom. The molecule has 0 bridgehead atoms. The van der Waals surface area contributed by atoms with Gasteiger partial charge in [-0.1, -0.05) is 0 Å². The third kappa shape index (κ3) is 3.20. The predicted molar refractivity (Wildman–Crippen MR) is 85.1 cm³/mol. The Hall–Kier alpha value is -1.81. The molecule has 0 aliphatic heterocycles. The quantitative estimate of drug-likeness (QED) is 0.841. The largest absolute Gasteiger partial charge is 0.399 e. The van der Waals surface area contributed by atoms with Crippen LogP contribution in [-0.4, -0.2) is 28.8 Å². The number of nitrogens with zero attached hydrogens (tertiary/aromatic N) is 2. The zero-order chi connectivity index (χ0) is 14.9. The zero-order valence-corrected chi connectivity index (χ0v) is 12.6. The number of aryl methyl sites for hydroxylation is 1. The number of likely N-dealkylation sites (N-methyl/N-ethyl adjacent to an activating group) is 1.